The van der Waals surface area contributed by atoms with Crippen molar-refractivity contribution >= 4 is 5.91 Å². The second-order valence-corrected chi connectivity index (χ2v) is 4.33. The minimum Gasteiger partial charge on any atom is -0.383 e. The van der Waals surface area contributed by atoms with E-state index in [1.807, 2.05) is 0 Å². The highest BCUT2D eigenvalue weighted by molar-refractivity contribution is 5.81. The van der Waals surface area contributed by atoms with E-state index in [0.717, 1.165) is 19.6 Å². The summed E-state index contributed by atoms with van der Waals surface area (Å²) in [5, 5.41) is 0. The molecule has 0 spiro atoms. The van der Waals surface area contributed by atoms with Crippen molar-refractivity contribution in [3.05, 3.63) is 0 Å². The van der Waals surface area contributed by atoms with Crippen LogP contribution in [0.15, 0.2) is 0 Å². The third-order valence-corrected chi connectivity index (χ3v) is 3.05. The molecule has 6 nitrogen and oxygen atoms in total. The van der Waals surface area contributed by atoms with Crippen molar-refractivity contribution in [2.24, 2.45) is 5.84 Å². The van der Waals surface area contributed by atoms with Crippen molar-refractivity contribution in [2.45, 2.75) is 19.0 Å². The summed E-state index contributed by atoms with van der Waals surface area (Å²) in [7, 11) is 3.68. The van der Waals surface area contributed by atoms with Crippen molar-refractivity contribution in [1.29, 1.82) is 0 Å². The Balaban J connectivity index is 2.66. The van der Waals surface area contributed by atoms with Gasteiger partial charge in [0.15, 0.2) is 0 Å². The lowest BCUT2D eigenvalue weighted by Crippen LogP contribution is -2.60. The van der Waals surface area contributed by atoms with Gasteiger partial charge in [-0.3, -0.25) is 15.1 Å². The van der Waals surface area contributed by atoms with Crippen LogP contribution in [0.5, 0.6) is 0 Å². The molecule has 0 bridgehead atoms. The lowest BCUT2D eigenvalue weighted by molar-refractivity contribution is -0.130. The van der Waals surface area contributed by atoms with Gasteiger partial charge in [-0.15, -0.1) is 0 Å². The number of likely N-dealkylation sites (N-methyl/N-ethyl adjacent to an activating group) is 1. The average Bonchev–Trinajstić information content (AvgIpc) is 2.26. The quantitative estimate of drug-likeness (QED) is 0.354. The summed E-state index contributed by atoms with van der Waals surface area (Å²) in [4.78, 5) is 16.1. The monoisotopic (exact) mass is 230 g/mol. The standard InChI is InChI=1S/C10H22N4O2/c1-8-6-13(2)4-5-14(8)9(7-16-3)10(15)12-11/h8-9H,4-7,11H2,1-3H3,(H,12,15). The maximum absolute atomic E-state index is 11.7. The summed E-state index contributed by atoms with van der Waals surface area (Å²) in [6.45, 7) is 5.26. The SMILES string of the molecule is COCC(C(=O)NN)N1CCN(C)CC1C. The minimum absolute atomic E-state index is 0.182. The molecule has 1 saturated heterocycles. The van der Waals surface area contributed by atoms with E-state index in [1.165, 1.54) is 0 Å². The number of piperazine rings is 1. The normalized spacial score (nSPS) is 25.4. The molecular weight excluding hydrogens is 208 g/mol. The van der Waals surface area contributed by atoms with Gasteiger partial charge in [0.1, 0.15) is 6.04 Å². The first-order valence-electron chi connectivity index (χ1n) is 5.53. The first-order chi connectivity index (χ1) is 7.60. The predicted molar refractivity (Wildman–Crippen MR) is 61.7 cm³/mol. The molecule has 1 aliphatic heterocycles. The number of nitrogens with zero attached hydrogens (tertiary/aromatic N) is 2. The average molecular weight is 230 g/mol. The van der Waals surface area contributed by atoms with Crippen molar-refractivity contribution < 1.29 is 9.53 Å². The molecule has 3 N–H and O–H groups in total. The van der Waals surface area contributed by atoms with E-state index >= 15 is 0 Å². The number of nitrogens with one attached hydrogen (secondary N) is 1. The first-order valence-corrected chi connectivity index (χ1v) is 5.53. The van der Waals surface area contributed by atoms with Crippen LogP contribution in [0.4, 0.5) is 0 Å². The molecule has 0 aromatic carbocycles. The van der Waals surface area contributed by atoms with Gasteiger partial charge in [0.25, 0.3) is 5.91 Å². The number of carbonyl (C=O) groups excluding carboxylic acids is 1. The van der Waals surface area contributed by atoms with Crippen LogP contribution in [0.25, 0.3) is 0 Å². The highest BCUT2D eigenvalue weighted by Gasteiger charge is 2.32. The van der Waals surface area contributed by atoms with Crippen LogP contribution < -0.4 is 11.3 Å². The smallest absolute Gasteiger partial charge is 0.253 e. The first kappa shape index (κ1) is 13.4. The molecule has 0 radical (unpaired) electrons. The van der Waals surface area contributed by atoms with Gasteiger partial charge in [-0.1, -0.05) is 0 Å². The zero-order chi connectivity index (χ0) is 12.1. The second-order valence-electron chi connectivity index (χ2n) is 4.33. The number of amides is 1. The zero-order valence-corrected chi connectivity index (χ0v) is 10.3. The number of hydrazine groups is 1. The maximum Gasteiger partial charge on any atom is 0.253 e. The molecule has 6 heteroatoms. The third-order valence-electron chi connectivity index (χ3n) is 3.05. The third kappa shape index (κ3) is 3.15. The van der Waals surface area contributed by atoms with Gasteiger partial charge < -0.3 is 9.64 Å². The van der Waals surface area contributed by atoms with Crippen LogP contribution in [0.3, 0.4) is 0 Å². The number of rotatable bonds is 4. The van der Waals surface area contributed by atoms with Gasteiger partial charge in [0.05, 0.1) is 6.61 Å². The van der Waals surface area contributed by atoms with Crippen molar-refractivity contribution in [2.75, 3.05) is 40.4 Å². The fourth-order valence-electron chi connectivity index (χ4n) is 2.19. The van der Waals surface area contributed by atoms with E-state index in [1.54, 1.807) is 7.11 Å². The molecule has 1 aliphatic rings. The molecule has 1 rings (SSSR count). The minimum atomic E-state index is -0.293. The van der Waals surface area contributed by atoms with Crippen LogP contribution in [0, 0.1) is 0 Å². The summed E-state index contributed by atoms with van der Waals surface area (Å²) in [5.41, 5.74) is 2.20. The zero-order valence-electron chi connectivity index (χ0n) is 10.3. The number of methoxy groups -OCH3 is 1. The Morgan fingerprint density at radius 3 is 2.81 bits per heavy atom. The summed E-state index contributed by atoms with van der Waals surface area (Å²) < 4.78 is 5.08. The Labute approximate surface area is 96.7 Å². The summed E-state index contributed by atoms with van der Waals surface area (Å²) >= 11 is 0. The van der Waals surface area contributed by atoms with Gasteiger partial charge in [-0.05, 0) is 14.0 Å². The number of hydrogen-bond donors (Lipinski definition) is 2. The Bertz CT molecular complexity index is 237. The van der Waals surface area contributed by atoms with Crippen molar-refractivity contribution in [3.63, 3.8) is 0 Å². The molecule has 0 aromatic rings. The Kier molecular flexibility index (Phi) is 5.14. The van der Waals surface area contributed by atoms with Crippen LogP contribution in [0.2, 0.25) is 0 Å². The van der Waals surface area contributed by atoms with Crippen LogP contribution in [-0.2, 0) is 9.53 Å². The van der Waals surface area contributed by atoms with E-state index in [-0.39, 0.29) is 11.9 Å². The van der Waals surface area contributed by atoms with Gasteiger partial charge in [-0.25, -0.2) is 5.84 Å². The molecule has 2 atom stereocenters. The van der Waals surface area contributed by atoms with Crippen LogP contribution in [-0.4, -0.2) is 68.2 Å². The molecule has 0 aromatic heterocycles. The Morgan fingerprint density at radius 2 is 2.31 bits per heavy atom. The van der Waals surface area contributed by atoms with Crippen molar-refractivity contribution in [1.82, 2.24) is 15.2 Å². The summed E-state index contributed by atoms with van der Waals surface area (Å²) in [6.07, 6.45) is 0. The summed E-state index contributed by atoms with van der Waals surface area (Å²) in [6, 6.07) is 0.0369. The predicted octanol–water partition coefficient (Wildman–Crippen LogP) is -1.37. The van der Waals surface area contributed by atoms with Gasteiger partial charge in [-0.2, -0.15) is 0 Å². The lowest BCUT2D eigenvalue weighted by atomic mass is 10.1. The van der Waals surface area contributed by atoms with E-state index in [0.29, 0.717) is 12.6 Å². The molecule has 1 amide bonds. The van der Waals surface area contributed by atoms with Crippen molar-refractivity contribution in [3.8, 4) is 0 Å². The van der Waals surface area contributed by atoms with Crippen LogP contribution >= 0.6 is 0 Å². The number of nitrogens with two attached hydrogens (primary N) is 1. The van der Waals surface area contributed by atoms with Gasteiger partial charge in [0, 0.05) is 32.8 Å². The number of carbonyl (C=O) groups is 1. The van der Waals surface area contributed by atoms with E-state index in [2.05, 4.69) is 29.2 Å². The molecular formula is C10H22N4O2. The van der Waals surface area contributed by atoms with E-state index in [4.69, 9.17) is 10.6 Å². The molecule has 0 saturated carbocycles. The van der Waals surface area contributed by atoms with Gasteiger partial charge in [0.2, 0.25) is 0 Å². The highest BCUT2D eigenvalue weighted by Crippen LogP contribution is 2.12. The largest absolute Gasteiger partial charge is 0.383 e. The Morgan fingerprint density at radius 1 is 1.62 bits per heavy atom. The van der Waals surface area contributed by atoms with Crippen LogP contribution in [0.1, 0.15) is 6.92 Å². The topological polar surface area (TPSA) is 70.8 Å². The molecule has 1 fully saturated rings. The molecule has 2 unspecified atom stereocenters. The van der Waals surface area contributed by atoms with Gasteiger partial charge >= 0.3 is 0 Å². The summed E-state index contributed by atoms with van der Waals surface area (Å²) in [5.74, 6) is 5.01. The Hall–Kier alpha value is -0.690. The lowest BCUT2D eigenvalue weighted by Gasteiger charge is -2.41. The number of ether oxygens (including phenoxy) is 1. The maximum atomic E-state index is 11.7. The fourth-order valence-corrected chi connectivity index (χ4v) is 2.19. The highest BCUT2D eigenvalue weighted by atomic mass is 16.5. The van der Waals surface area contributed by atoms with E-state index in [9.17, 15) is 4.79 Å². The fraction of sp³-hybridized carbons (Fsp3) is 0.900. The molecule has 0 aliphatic carbocycles. The van der Waals surface area contributed by atoms with E-state index < -0.39 is 0 Å². The second kappa shape index (κ2) is 6.15. The number of hydrogen-bond acceptors (Lipinski definition) is 5. The molecule has 16 heavy (non-hydrogen) atoms. The molecule has 94 valence electrons. The molecule has 1 heterocycles.